The topological polar surface area (TPSA) is 56.8 Å². The first kappa shape index (κ1) is 29.2. The first-order valence-corrected chi connectivity index (χ1v) is 14.7. The van der Waals surface area contributed by atoms with E-state index >= 15 is 0 Å². The van der Waals surface area contributed by atoms with Crippen molar-refractivity contribution in [2.45, 2.75) is 63.5 Å². The van der Waals surface area contributed by atoms with Crippen molar-refractivity contribution in [3.63, 3.8) is 0 Å². The number of allylic oxidation sites excluding steroid dienone is 1. The molecule has 0 bridgehead atoms. The first-order chi connectivity index (χ1) is 19.7. The zero-order valence-electron chi connectivity index (χ0n) is 24.5. The number of fused-ring (bicyclic) bond motifs is 2. The van der Waals surface area contributed by atoms with E-state index in [-0.39, 0.29) is 16.8 Å². The Labute approximate surface area is 248 Å². The van der Waals surface area contributed by atoms with Gasteiger partial charge in [-0.25, -0.2) is 4.79 Å². The summed E-state index contributed by atoms with van der Waals surface area (Å²) in [5.41, 5.74) is 5.06. The Kier molecular flexibility index (Phi) is 8.49. The fraction of sp³-hybridized carbons (Fsp3) is 0.400. The molecule has 6 heteroatoms. The molecule has 2 aliphatic carbocycles. The number of carbonyl (C=O) groups excluding carboxylic acids is 1. The number of carbonyl (C=O) groups is 1. The van der Waals surface area contributed by atoms with Crippen LogP contribution in [-0.2, 0) is 26.3 Å². The summed E-state index contributed by atoms with van der Waals surface area (Å²) in [6.07, 6.45) is 6.31. The summed E-state index contributed by atoms with van der Waals surface area (Å²) in [5.74, 6) is 0.620. The zero-order chi connectivity index (χ0) is 29.1. The maximum absolute atomic E-state index is 13.3. The summed E-state index contributed by atoms with van der Waals surface area (Å²) < 4.78 is 16.8. The van der Waals surface area contributed by atoms with Gasteiger partial charge in [-0.15, -0.1) is 0 Å². The number of halogens is 1. The molecule has 0 aliphatic heterocycles. The van der Waals surface area contributed by atoms with Gasteiger partial charge in [0.15, 0.2) is 0 Å². The van der Waals surface area contributed by atoms with Crippen molar-refractivity contribution in [1.29, 1.82) is 0 Å². The van der Waals surface area contributed by atoms with Crippen LogP contribution in [0.25, 0.3) is 6.08 Å². The van der Waals surface area contributed by atoms with Crippen molar-refractivity contribution < 1.29 is 19.0 Å². The third-order valence-electron chi connectivity index (χ3n) is 8.75. The Bertz CT molecular complexity index is 1400. The lowest BCUT2D eigenvalue weighted by Crippen LogP contribution is -2.53. The smallest absolute Gasteiger partial charge is 0.331 e. The van der Waals surface area contributed by atoms with E-state index in [0.29, 0.717) is 31.1 Å². The molecule has 3 aromatic carbocycles. The van der Waals surface area contributed by atoms with E-state index in [1.165, 1.54) is 23.8 Å². The highest BCUT2D eigenvalue weighted by Gasteiger charge is 2.52. The molecule has 0 amide bonds. The summed E-state index contributed by atoms with van der Waals surface area (Å²) >= 11 is 6.26. The molecule has 3 aromatic rings. The van der Waals surface area contributed by atoms with Crippen LogP contribution in [0, 0.1) is 5.41 Å². The van der Waals surface area contributed by atoms with Gasteiger partial charge in [-0.05, 0) is 84.5 Å². The van der Waals surface area contributed by atoms with Crippen molar-refractivity contribution in [1.82, 2.24) is 0 Å². The van der Waals surface area contributed by atoms with E-state index in [1.54, 1.807) is 7.11 Å². The van der Waals surface area contributed by atoms with E-state index in [2.05, 4.69) is 49.5 Å². The van der Waals surface area contributed by atoms with E-state index in [1.807, 2.05) is 48.5 Å². The molecule has 5 rings (SSSR count). The van der Waals surface area contributed by atoms with Crippen LogP contribution in [-0.4, -0.2) is 32.3 Å². The minimum absolute atomic E-state index is 0.0662. The van der Waals surface area contributed by atoms with Gasteiger partial charge in [0, 0.05) is 16.1 Å². The van der Waals surface area contributed by atoms with Crippen molar-refractivity contribution in [3.8, 4) is 5.75 Å². The second-order valence-electron chi connectivity index (χ2n) is 12.2. The quantitative estimate of drug-likeness (QED) is 0.248. The monoisotopic (exact) mass is 573 g/mol. The first-order valence-electron chi connectivity index (χ1n) is 14.3. The van der Waals surface area contributed by atoms with Crippen LogP contribution in [0.3, 0.4) is 0 Å². The summed E-state index contributed by atoms with van der Waals surface area (Å²) in [6, 6.07) is 24.3. The minimum atomic E-state index is -0.801. The number of nitrogens with one attached hydrogen (secondary N) is 1. The number of rotatable bonds is 10. The Morgan fingerprint density at radius 2 is 1.68 bits per heavy atom. The minimum Gasteiger partial charge on any atom is -0.497 e. The molecule has 0 atom stereocenters. The van der Waals surface area contributed by atoms with Gasteiger partial charge < -0.3 is 19.5 Å². The maximum Gasteiger partial charge on any atom is 0.331 e. The molecule has 216 valence electrons. The second-order valence-corrected chi connectivity index (χ2v) is 12.7. The Hall–Kier alpha value is -3.28. The highest BCUT2D eigenvalue weighted by atomic mass is 35.5. The normalized spacial score (nSPS) is 21.7. The average Bonchev–Trinajstić information content (AvgIpc) is 3.26. The number of hydrogen-bond donors (Lipinski definition) is 1. The Morgan fingerprint density at radius 1 is 0.951 bits per heavy atom. The lowest BCUT2D eigenvalue weighted by molar-refractivity contribution is -0.147. The lowest BCUT2D eigenvalue weighted by Gasteiger charge is -2.47. The molecular formula is C35H40ClNO4. The van der Waals surface area contributed by atoms with E-state index in [9.17, 15) is 4.79 Å². The second kappa shape index (κ2) is 11.9. The van der Waals surface area contributed by atoms with Crippen molar-refractivity contribution >= 4 is 29.3 Å². The van der Waals surface area contributed by atoms with E-state index < -0.39 is 5.54 Å². The molecule has 1 saturated carbocycles. The maximum atomic E-state index is 13.3. The zero-order valence-corrected chi connectivity index (χ0v) is 25.2. The van der Waals surface area contributed by atoms with Crippen LogP contribution >= 0.6 is 11.6 Å². The molecule has 5 nitrogen and oxygen atoms in total. The van der Waals surface area contributed by atoms with Gasteiger partial charge in [0.2, 0.25) is 0 Å². The van der Waals surface area contributed by atoms with Crippen molar-refractivity contribution in [2.75, 3.05) is 26.1 Å². The highest BCUT2D eigenvalue weighted by Crippen LogP contribution is 2.56. The number of methoxy groups -OCH3 is 2. The lowest BCUT2D eigenvalue weighted by atomic mass is 9.60. The van der Waals surface area contributed by atoms with Gasteiger partial charge in [0.1, 0.15) is 11.3 Å². The Morgan fingerprint density at radius 3 is 2.37 bits per heavy atom. The van der Waals surface area contributed by atoms with Gasteiger partial charge in [-0.2, -0.15) is 0 Å². The van der Waals surface area contributed by atoms with E-state index in [4.69, 9.17) is 25.8 Å². The van der Waals surface area contributed by atoms with Gasteiger partial charge in [-0.3, -0.25) is 0 Å². The SMILES string of the molecule is COC(=O)C1(Nc2cccc(Cl)c2)CCC2(CC1)C(CC(C)(C)COCc1ccc(OC)cc1)=Cc1ccccc12. The number of ether oxygens (including phenoxy) is 3. The third kappa shape index (κ3) is 6.17. The average molecular weight is 574 g/mol. The predicted octanol–water partition coefficient (Wildman–Crippen LogP) is 8.21. The van der Waals surface area contributed by atoms with Crippen LogP contribution in [0.15, 0.2) is 78.4 Å². The van der Waals surface area contributed by atoms with Crippen LogP contribution in [0.4, 0.5) is 5.69 Å². The molecular weight excluding hydrogens is 534 g/mol. The Balaban J connectivity index is 1.33. The van der Waals surface area contributed by atoms with Gasteiger partial charge >= 0.3 is 5.97 Å². The summed E-state index contributed by atoms with van der Waals surface area (Å²) in [6.45, 7) is 5.77. The number of benzene rings is 3. The van der Waals surface area contributed by atoms with Crippen LogP contribution in [0.5, 0.6) is 5.75 Å². The molecule has 41 heavy (non-hydrogen) atoms. The summed E-state index contributed by atoms with van der Waals surface area (Å²) in [4.78, 5) is 13.3. The fourth-order valence-corrected chi connectivity index (χ4v) is 6.81. The molecule has 1 fully saturated rings. The molecule has 0 saturated heterocycles. The van der Waals surface area contributed by atoms with Crippen LogP contribution in [0.1, 0.15) is 62.6 Å². The fourth-order valence-electron chi connectivity index (χ4n) is 6.62. The molecule has 1 N–H and O–H groups in total. The molecule has 0 heterocycles. The van der Waals surface area contributed by atoms with Gasteiger partial charge in [0.25, 0.3) is 0 Å². The summed E-state index contributed by atoms with van der Waals surface area (Å²) in [7, 11) is 3.15. The molecule has 1 spiro atoms. The molecule has 0 unspecified atom stereocenters. The van der Waals surface area contributed by atoms with Crippen molar-refractivity contribution in [2.24, 2.45) is 5.41 Å². The largest absolute Gasteiger partial charge is 0.497 e. The molecule has 0 radical (unpaired) electrons. The predicted molar refractivity (Wildman–Crippen MR) is 165 cm³/mol. The van der Waals surface area contributed by atoms with Gasteiger partial charge in [0.05, 0.1) is 27.4 Å². The third-order valence-corrected chi connectivity index (χ3v) is 8.99. The van der Waals surface area contributed by atoms with Crippen molar-refractivity contribution in [3.05, 3.63) is 100 Å². The number of hydrogen-bond acceptors (Lipinski definition) is 5. The number of esters is 1. The summed E-state index contributed by atoms with van der Waals surface area (Å²) in [5, 5.41) is 4.16. The van der Waals surface area contributed by atoms with Gasteiger partial charge in [-0.1, -0.05) is 79.6 Å². The molecule has 2 aliphatic rings. The standard InChI is InChI=1S/C35H40ClNO4/c1-33(2,24-41-23-25-12-14-30(39-3)15-13-25)22-27-20-26-8-5-6-11-31(26)34(27)16-18-35(19-17-34,32(38)40-4)37-29-10-7-9-28(36)21-29/h5-15,20-21,37H,16-19,22-24H2,1-4H3. The van der Waals surface area contributed by atoms with Crippen LogP contribution in [0.2, 0.25) is 5.02 Å². The van der Waals surface area contributed by atoms with Crippen LogP contribution < -0.4 is 10.1 Å². The van der Waals surface area contributed by atoms with E-state index in [0.717, 1.165) is 36.3 Å². The highest BCUT2D eigenvalue weighted by molar-refractivity contribution is 6.30. The number of anilines is 1. The molecule has 0 aromatic heterocycles.